The van der Waals surface area contributed by atoms with E-state index < -0.39 is 0 Å². The molecule has 0 bridgehead atoms. The van der Waals surface area contributed by atoms with E-state index >= 15 is 0 Å². The van der Waals surface area contributed by atoms with Crippen LogP contribution in [0.15, 0.2) is 53.0 Å². The van der Waals surface area contributed by atoms with Gasteiger partial charge in [0, 0.05) is 30.7 Å². The number of rotatable bonds is 4. The molecule has 0 saturated carbocycles. The molecule has 3 rings (SSSR count). The molecule has 27 heavy (non-hydrogen) atoms. The highest BCUT2D eigenvalue weighted by Gasteiger charge is 2.21. The second-order valence-corrected chi connectivity index (χ2v) is 7.09. The summed E-state index contributed by atoms with van der Waals surface area (Å²) in [5.74, 6) is -0.384. The molecule has 0 atom stereocenters. The Morgan fingerprint density at radius 1 is 0.963 bits per heavy atom. The van der Waals surface area contributed by atoms with E-state index in [0.29, 0.717) is 36.2 Å². The summed E-state index contributed by atoms with van der Waals surface area (Å²) in [7, 11) is 0. The van der Waals surface area contributed by atoms with Crippen LogP contribution in [0.5, 0.6) is 5.75 Å². The number of hydrazine groups is 1. The second kappa shape index (κ2) is 8.88. The number of nitrogens with one attached hydrogen (secondary N) is 2. The number of benzene rings is 2. The van der Waals surface area contributed by atoms with E-state index in [0.717, 1.165) is 5.69 Å². The molecule has 1 saturated heterocycles. The fourth-order valence-corrected chi connectivity index (χ4v) is 3.43. The number of hydrogen-bond acceptors (Lipinski definition) is 5. The zero-order chi connectivity index (χ0) is 19.2. The number of amides is 2. The number of hydrogen-bond donors (Lipinski definition) is 3. The molecule has 1 fully saturated rings. The molecule has 2 aromatic rings. The molecular weight excluding hydrogens is 412 g/mol. The Balaban J connectivity index is 1.44. The van der Waals surface area contributed by atoms with Gasteiger partial charge in [-0.1, -0.05) is 24.3 Å². The lowest BCUT2D eigenvalue weighted by molar-refractivity contribution is -0.123. The minimum absolute atomic E-state index is 0.199. The molecule has 0 unspecified atom stereocenters. The van der Waals surface area contributed by atoms with Gasteiger partial charge < -0.3 is 10.0 Å². The number of piperazine rings is 1. The van der Waals surface area contributed by atoms with Crippen molar-refractivity contribution in [3.05, 3.63) is 58.6 Å². The lowest BCUT2D eigenvalue weighted by Gasteiger charge is -2.35. The van der Waals surface area contributed by atoms with Gasteiger partial charge in [-0.05, 0) is 40.2 Å². The quantitative estimate of drug-likeness (QED) is 0.640. The van der Waals surface area contributed by atoms with E-state index in [1.54, 1.807) is 30.3 Å². The predicted molar refractivity (Wildman–Crippen MR) is 107 cm³/mol. The van der Waals surface area contributed by atoms with Crippen molar-refractivity contribution in [3.63, 3.8) is 0 Å². The number of halogens is 1. The number of anilines is 1. The average Bonchev–Trinajstić information content (AvgIpc) is 2.68. The Hall–Kier alpha value is -2.58. The van der Waals surface area contributed by atoms with Gasteiger partial charge in [0.2, 0.25) is 0 Å². The summed E-state index contributed by atoms with van der Waals surface area (Å²) >= 11 is 3.31. The summed E-state index contributed by atoms with van der Waals surface area (Å²) in [6.07, 6.45) is 0. The van der Waals surface area contributed by atoms with Crippen LogP contribution >= 0.6 is 15.9 Å². The van der Waals surface area contributed by atoms with Crippen LogP contribution in [0.2, 0.25) is 0 Å². The molecule has 0 radical (unpaired) electrons. The topological polar surface area (TPSA) is 84.9 Å². The van der Waals surface area contributed by atoms with Crippen molar-refractivity contribution in [3.8, 4) is 5.75 Å². The summed E-state index contributed by atoms with van der Waals surface area (Å²) < 4.78 is 0.664. The molecule has 2 amide bonds. The first-order chi connectivity index (χ1) is 13.0. The van der Waals surface area contributed by atoms with Gasteiger partial charge in [-0.2, -0.15) is 0 Å². The normalized spacial score (nSPS) is 14.6. The maximum absolute atomic E-state index is 12.1. The predicted octanol–water partition coefficient (Wildman–Crippen LogP) is 1.74. The zero-order valence-electron chi connectivity index (χ0n) is 14.7. The molecule has 0 spiro atoms. The van der Waals surface area contributed by atoms with Gasteiger partial charge in [0.05, 0.1) is 17.8 Å². The third-order valence-corrected chi connectivity index (χ3v) is 5.09. The third kappa shape index (κ3) is 4.99. The Kier molecular flexibility index (Phi) is 6.31. The van der Waals surface area contributed by atoms with Gasteiger partial charge >= 0.3 is 0 Å². The first kappa shape index (κ1) is 19.2. The van der Waals surface area contributed by atoms with Crippen LogP contribution in [0.1, 0.15) is 10.4 Å². The monoisotopic (exact) mass is 432 g/mol. The van der Waals surface area contributed by atoms with Gasteiger partial charge in [0.25, 0.3) is 11.8 Å². The van der Waals surface area contributed by atoms with Crippen LogP contribution in [-0.4, -0.2) is 54.5 Å². The van der Waals surface area contributed by atoms with Gasteiger partial charge in [0.1, 0.15) is 5.75 Å². The van der Waals surface area contributed by atoms with E-state index in [2.05, 4.69) is 31.7 Å². The number of phenolic OH excluding ortho intramolecular Hbond substituents is 1. The van der Waals surface area contributed by atoms with Crippen molar-refractivity contribution >= 4 is 33.4 Å². The van der Waals surface area contributed by atoms with E-state index in [-0.39, 0.29) is 24.1 Å². The summed E-state index contributed by atoms with van der Waals surface area (Å²) in [5, 5.41) is 9.95. The highest BCUT2D eigenvalue weighted by molar-refractivity contribution is 9.10. The van der Waals surface area contributed by atoms with Crippen molar-refractivity contribution in [1.29, 1.82) is 0 Å². The molecule has 7 nitrogen and oxygen atoms in total. The fraction of sp³-hybridized carbons (Fsp3) is 0.263. The number of nitrogens with zero attached hydrogens (tertiary/aromatic N) is 2. The molecule has 2 aromatic carbocycles. The van der Waals surface area contributed by atoms with Crippen LogP contribution in [0.25, 0.3) is 0 Å². The van der Waals surface area contributed by atoms with Gasteiger partial charge in [-0.3, -0.25) is 25.3 Å². The van der Waals surface area contributed by atoms with Crippen LogP contribution in [-0.2, 0) is 4.79 Å². The van der Waals surface area contributed by atoms with Gasteiger partial charge in [-0.15, -0.1) is 0 Å². The van der Waals surface area contributed by atoms with Gasteiger partial charge in [-0.25, -0.2) is 0 Å². The van der Waals surface area contributed by atoms with Gasteiger partial charge in [0.15, 0.2) is 0 Å². The lowest BCUT2D eigenvalue weighted by atomic mass is 10.2. The Morgan fingerprint density at radius 3 is 2.33 bits per heavy atom. The summed E-state index contributed by atoms with van der Waals surface area (Å²) in [4.78, 5) is 28.3. The standard InChI is InChI=1S/C19H21BrN4O3/c20-15-6-2-1-5-14(15)19(27)22-21-18(26)13-23-9-11-24(12-10-23)16-7-3-4-8-17(16)25/h1-8,25H,9-13H2,(H,21,26)(H,22,27). The Bertz CT molecular complexity index is 822. The largest absolute Gasteiger partial charge is 0.506 e. The smallest absolute Gasteiger partial charge is 0.270 e. The summed E-state index contributed by atoms with van der Waals surface area (Å²) in [6.45, 7) is 3.02. The molecule has 0 aliphatic carbocycles. The maximum atomic E-state index is 12.1. The maximum Gasteiger partial charge on any atom is 0.270 e. The Morgan fingerprint density at radius 2 is 1.63 bits per heavy atom. The molecule has 8 heteroatoms. The average molecular weight is 433 g/mol. The number of carbonyl (C=O) groups excluding carboxylic acids is 2. The van der Waals surface area contributed by atoms with E-state index in [4.69, 9.17) is 0 Å². The van der Waals surface area contributed by atoms with Crippen molar-refractivity contribution in [2.24, 2.45) is 0 Å². The van der Waals surface area contributed by atoms with E-state index in [1.807, 2.05) is 23.1 Å². The Labute approximate surface area is 166 Å². The molecule has 3 N–H and O–H groups in total. The molecule has 1 aliphatic heterocycles. The van der Waals surface area contributed by atoms with Crippen molar-refractivity contribution < 1.29 is 14.7 Å². The van der Waals surface area contributed by atoms with Crippen molar-refractivity contribution in [2.75, 3.05) is 37.6 Å². The van der Waals surface area contributed by atoms with Crippen LogP contribution < -0.4 is 15.8 Å². The van der Waals surface area contributed by atoms with Crippen molar-refractivity contribution in [1.82, 2.24) is 15.8 Å². The molecule has 0 aromatic heterocycles. The third-order valence-electron chi connectivity index (χ3n) is 4.40. The second-order valence-electron chi connectivity index (χ2n) is 6.23. The molecule has 1 heterocycles. The van der Waals surface area contributed by atoms with Crippen LogP contribution in [0.4, 0.5) is 5.69 Å². The first-order valence-electron chi connectivity index (χ1n) is 8.63. The zero-order valence-corrected chi connectivity index (χ0v) is 16.3. The number of carbonyl (C=O) groups is 2. The number of aromatic hydroxyl groups is 1. The minimum atomic E-state index is -0.375. The minimum Gasteiger partial charge on any atom is -0.506 e. The molecular formula is C19H21BrN4O3. The highest BCUT2D eigenvalue weighted by Crippen LogP contribution is 2.27. The number of phenols is 1. The highest BCUT2D eigenvalue weighted by atomic mass is 79.9. The summed E-state index contributed by atoms with van der Waals surface area (Å²) in [5.41, 5.74) is 6.15. The fourth-order valence-electron chi connectivity index (χ4n) is 2.96. The van der Waals surface area contributed by atoms with E-state index in [9.17, 15) is 14.7 Å². The molecule has 142 valence electrons. The van der Waals surface area contributed by atoms with E-state index in [1.165, 1.54) is 0 Å². The SMILES string of the molecule is O=C(CN1CCN(c2ccccc2O)CC1)NNC(=O)c1ccccc1Br. The summed E-state index contributed by atoms with van der Waals surface area (Å²) in [6, 6.07) is 14.2. The van der Waals surface area contributed by atoms with Crippen molar-refractivity contribution in [2.45, 2.75) is 0 Å². The van der Waals surface area contributed by atoms with Crippen LogP contribution in [0, 0.1) is 0 Å². The number of para-hydroxylation sites is 2. The lowest BCUT2D eigenvalue weighted by Crippen LogP contribution is -2.52. The molecule has 1 aliphatic rings. The van der Waals surface area contributed by atoms with Crippen LogP contribution in [0.3, 0.4) is 0 Å². The first-order valence-corrected chi connectivity index (χ1v) is 9.43.